The fourth-order valence-corrected chi connectivity index (χ4v) is 1.91. The third-order valence-electron chi connectivity index (χ3n) is 2.76. The van der Waals surface area contributed by atoms with Gasteiger partial charge in [-0.2, -0.15) is 0 Å². The lowest BCUT2D eigenvalue weighted by atomic mass is 10.1. The number of rotatable bonds is 2. The van der Waals surface area contributed by atoms with Crippen molar-refractivity contribution >= 4 is 21.6 Å². The summed E-state index contributed by atoms with van der Waals surface area (Å²) in [5, 5.41) is 0. The number of aromatic nitrogens is 1. The minimum atomic E-state index is 0.558. The van der Waals surface area contributed by atoms with Crippen LogP contribution < -0.4 is 10.5 Å². The van der Waals surface area contributed by atoms with Crippen molar-refractivity contribution < 1.29 is 4.74 Å². The summed E-state index contributed by atoms with van der Waals surface area (Å²) in [7, 11) is 0. The van der Waals surface area contributed by atoms with Gasteiger partial charge >= 0.3 is 0 Å². The molecule has 0 amide bonds. The van der Waals surface area contributed by atoms with Gasteiger partial charge in [0.05, 0.1) is 11.9 Å². The van der Waals surface area contributed by atoms with Gasteiger partial charge in [0.2, 0.25) is 5.88 Å². The van der Waals surface area contributed by atoms with E-state index in [2.05, 4.69) is 20.9 Å². The Morgan fingerprint density at radius 1 is 1.06 bits per heavy atom. The molecule has 0 saturated heterocycles. The Morgan fingerprint density at radius 3 is 2.22 bits per heavy atom. The molecule has 18 heavy (non-hydrogen) atoms. The van der Waals surface area contributed by atoms with E-state index in [4.69, 9.17) is 10.5 Å². The summed E-state index contributed by atoms with van der Waals surface area (Å²) in [6.45, 7) is 6.00. The number of hydrogen-bond donors (Lipinski definition) is 1. The molecule has 0 fully saturated rings. The zero-order valence-corrected chi connectivity index (χ0v) is 12.2. The molecular formula is C14H15BrN2O. The zero-order valence-electron chi connectivity index (χ0n) is 10.6. The summed E-state index contributed by atoms with van der Waals surface area (Å²) >= 11 is 3.53. The molecule has 0 spiro atoms. The van der Waals surface area contributed by atoms with Crippen molar-refractivity contribution in [3.63, 3.8) is 0 Å². The van der Waals surface area contributed by atoms with Crippen molar-refractivity contribution in [3.8, 4) is 11.6 Å². The summed E-state index contributed by atoms with van der Waals surface area (Å²) in [5.74, 6) is 1.34. The Hall–Kier alpha value is -1.55. The van der Waals surface area contributed by atoms with Gasteiger partial charge in [-0.05, 0) is 49.6 Å². The zero-order chi connectivity index (χ0) is 13.3. The number of hydrogen-bond acceptors (Lipinski definition) is 3. The lowest BCUT2D eigenvalue weighted by Crippen LogP contribution is -1.94. The molecule has 0 aliphatic rings. The van der Waals surface area contributed by atoms with Crippen molar-refractivity contribution in [3.05, 3.63) is 45.6 Å². The molecule has 0 aliphatic carbocycles. The van der Waals surface area contributed by atoms with Gasteiger partial charge in [0.1, 0.15) is 5.75 Å². The van der Waals surface area contributed by atoms with Crippen LogP contribution in [0.4, 0.5) is 5.69 Å². The van der Waals surface area contributed by atoms with E-state index in [0.29, 0.717) is 11.6 Å². The molecule has 2 rings (SSSR count). The van der Waals surface area contributed by atoms with Crippen molar-refractivity contribution in [2.24, 2.45) is 0 Å². The van der Waals surface area contributed by atoms with Crippen LogP contribution in [0.3, 0.4) is 0 Å². The van der Waals surface area contributed by atoms with Gasteiger partial charge in [0.25, 0.3) is 0 Å². The van der Waals surface area contributed by atoms with E-state index in [9.17, 15) is 0 Å². The normalized spacial score (nSPS) is 10.4. The Balaban J connectivity index is 2.31. The minimum Gasteiger partial charge on any atom is -0.439 e. The highest BCUT2D eigenvalue weighted by Gasteiger charge is 2.06. The number of nitrogen functional groups attached to an aromatic ring is 1. The van der Waals surface area contributed by atoms with Gasteiger partial charge in [-0.15, -0.1) is 0 Å². The fraction of sp³-hybridized carbons (Fsp3) is 0.214. The molecule has 0 atom stereocenters. The molecule has 2 N–H and O–H groups in total. The van der Waals surface area contributed by atoms with Crippen molar-refractivity contribution in [1.29, 1.82) is 0 Å². The van der Waals surface area contributed by atoms with Crippen LogP contribution >= 0.6 is 15.9 Å². The molecule has 0 unspecified atom stereocenters. The lowest BCUT2D eigenvalue weighted by molar-refractivity contribution is 0.462. The van der Waals surface area contributed by atoms with E-state index in [1.807, 2.05) is 39.0 Å². The monoisotopic (exact) mass is 306 g/mol. The predicted octanol–water partition coefficient (Wildman–Crippen LogP) is 4.14. The smallest absolute Gasteiger partial charge is 0.219 e. The first-order chi connectivity index (χ1) is 8.47. The molecule has 1 aromatic heterocycles. The number of nitrogens with zero attached hydrogens (tertiary/aromatic N) is 1. The second kappa shape index (κ2) is 4.98. The van der Waals surface area contributed by atoms with Gasteiger partial charge in [-0.25, -0.2) is 4.98 Å². The Kier molecular flexibility index (Phi) is 3.57. The van der Waals surface area contributed by atoms with Crippen molar-refractivity contribution in [2.45, 2.75) is 20.8 Å². The molecule has 0 radical (unpaired) electrons. The Morgan fingerprint density at radius 2 is 1.67 bits per heavy atom. The summed E-state index contributed by atoms with van der Waals surface area (Å²) < 4.78 is 6.85. The van der Waals surface area contributed by atoms with E-state index in [-0.39, 0.29) is 0 Å². The van der Waals surface area contributed by atoms with E-state index >= 15 is 0 Å². The van der Waals surface area contributed by atoms with Gasteiger partial charge < -0.3 is 10.5 Å². The predicted molar refractivity (Wildman–Crippen MR) is 77.1 cm³/mol. The van der Waals surface area contributed by atoms with E-state index in [1.54, 1.807) is 6.20 Å². The molecule has 94 valence electrons. The van der Waals surface area contributed by atoms with Crippen LogP contribution in [0.25, 0.3) is 0 Å². The molecule has 1 heterocycles. The van der Waals surface area contributed by atoms with Crippen LogP contribution in [0, 0.1) is 20.8 Å². The highest BCUT2D eigenvalue weighted by molar-refractivity contribution is 9.10. The number of nitrogens with two attached hydrogens (primary N) is 1. The summed E-state index contributed by atoms with van der Waals surface area (Å²) in [5.41, 5.74) is 9.63. The van der Waals surface area contributed by atoms with E-state index < -0.39 is 0 Å². The largest absolute Gasteiger partial charge is 0.439 e. The summed E-state index contributed by atoms with van der Waals surface area (Å²) in [6.07, 6.45) is 1.61. The van der Waals surface area contributed by atoms with Gasteiger partial charge in [0.15, 0.2) is 0 Å². The standard InChI is InChI=1S/C14H15BrN2O/c1-8-6-13(17-7-12(8)16)18-11-4-9(2)14(15)10(3)5-11/h4-7H,16H2,1-3H3. The first kappa shape index (κ1) is 12.9. The molecule has 0 bridgehead atoms. The molecular weight excluding hydrogens is 292 g/mol. The maximum absolute atomic E-state index is 5.74. The topological polar surface area (TPSA) is 48.1 Å². The van der Waals surface area contributed by atoms with Crippen LogP contribution in [0.15, 0.2) is 28.9 Å². The maximum atomic E-state index is 5.74. The SMILES string of the molecule is Cc1cc(Oc2cc(C)c(Br)c(C)c2)ncc1N. The second-order valence-electron chi connectivity index (χ2n) is 4.35. The number of benzene rings is 1. The maximum Gasteiger partial charge on any atom is 0.219 e. The highest BCUT2D eigenvalue weighted by Crippen LogP contribution is 2.29. The molecule has 1 aromatic carbocycles. The number of anilines is 1. The molecule has 2 aromatic rings. The molecule has 0 aliphatic heterocycles. The van der Waals surface area contributed by atoms with Gasteiger partial charge in [0, 0.05) is 10.5 Å². The van der Waals surface area contributed by atoms with Crippen LogP contribution in [0.2, 0.25) is 0 Å². The number of pyridine rings is 1. The minimum absolute atomic E-state index is 0.558. The molecule has 4 heteroatoms. The first-order valence-corrected chi connectivity index (χ1v) is 6.43. The van der Waals surface area contributed by atoms with Crippen molar-refractivity contribution in [1.82, 2.24) is 4.98 Å². The van der Waals surface area contributed by atoms with Gasteiger partial charge in [-0.1, -0.05) is 15.9 Å². The fourth-order valence-electron chi connectivity index (χ4n) is 1.68. The number of aryl methyl sites for hydroxylation is 3. The average molecular weight is 307 g/mol. The summed E-state index contributed by atoms with van der Waals surface area (Å²) in [6, 6.07) is 5.79. The van der Waals surface area contributed by atoms with Crippen LogP contribution in [0.5, 0.6) is 11.6 Å². The van der Waals surface area contributed by atoms with Crippen molar-refractivity contribution in [2.75, 3.05) is 5.73 Å². The third kappa shape index (κ3) is 2.64. The molecule has 3 nitrogen and oxygen atoms in total. The van der Waals surface area contributed by atoms with Crippen LogP contribution in [0.1, 0.15) is 16.7 Å². The number of ether oxygens (including phenoxy) is 1. The number of halogens is 1. The molecule has 0 saturated carbocycles. The second-order valence-corrected chi connectivity index (χ2v) is 5.15. The highest BCUT2D eigenvalue weighted by atomic mass is 79.9. The third-order valence-corrected chi connectivity index (χ3v) is 4.01. The summed E-state index contributed by atoms with van der Waals surface area (Å²) in [4.78, 5) is 4.16. The average Bonchev–Trinajstić information content (AvgIpc) is 2.31. The Bertz CT molecular complexity index is 573. The Labute approximate surface area is 115 Å². The van der Waals surface area contributed by atoms with E-state index in [1.165, 1.54) is 0 Å². The van der Waals surface area contributed by atoms with Gasteiger partial charge in [-0.3, -0.25) is 0 Å². The van der Waals surface area contributed by atoms with Crippen LogP contribution in [-0.4, -0.2) is 4.98 Å². The quantitative estimate of drug-likeness (QED) is 0.907. The van der Waals surface area contributed by atoms with E-state index in [0.717, 1.165) is 26.9 Å². The van der Waals surface area contributed by atoms with Crippen LogP contribution in [-0.2, 0) is 0 Å². The lowest BCUT2D eigenvalue weighted by Gasteiger charge is -2.10. The first-order valence-electron chi connectivity index (χ1n) is 5.64.